The predicted octanol–water partition coefficient (Wildman–Crippen LogP) is 0.590. The normalized spacial score (nSPS) is 7.00. The molecule has 0 aliphatic rings. The average molecular weight is 176 g/mol. The van der Waals surface area contributed by atoms with Gasteiger partial charge in [0, 0.05) is 6.61 Å². The van der Waals surface area contributed by atoms with E-state index in [1.165, 1.54) is 0 Å². The third-order valence-electron chi connectivity index (χ3n) is 0.258. The van der Waals surface area contributed by atoms with Gasteiger partial charge in [0.2, 0.25) is 0 Å². The van der Waals surface area contributed by atoms with E-state index in [2.05, 4.69) is 0 Å². The Hall–Kier alpha value is 0.833. The minimum absolute atomic E-state index is 0.0382. The van der Waals surface area contributed by atoms with Gasteiger partial charge in [-0.25, -0.2) is 6.61 Å². The monoisotopic (exact) mass is 174 g/mol. The van der Waals surface area contributed by atoms with Crippen molar-refractivity contribution in [3.8, 4) is 0 Å². The van der Waals surface area contributed by atoms with Crippen LogP contribution in [0.4, 0.5) is 0 Å². The summed E-state index contributed by atoms with van der Waals surface area (Å²) in [6, 6.07) is 0. The van der Waals surface area contributed by atoms with Gasteiger partial charge in [-0.15, -0.1) is 6.42 Å². The fourth-order valence-corrected chi connectivity index (χ4v) is 0.0577. The van der Waals surface area contributed by atoms with Crippen LogP contribution in [-0.4, -0.2) is 16.8 Å². The van der Waals surface area contributed by atoms with Crippen molar-refractivity contribution in [3.63, 3.8) is 0 Å². The molecule has 2 N–H and O–H groups in total. The van der Waals surface area contributed by atoms with Crippen LogP contribution in [0.3, 0.4) is 0 Å². The Morgan fingerprint density at radius 3 is 2.00 bits per heavy atom. The second-order valence-electron chi connectivity index (χ2n) is 0.695. The first-order chi connectivity index (χ1) is 3.41. The molecule has 0 aromatic carbocycles. The van der Waals surface area contributed by atoms with Gasteiger partial charge in [-0.1, -0.05) is 0 Å². The topological polar surface area (TPSA) is 40.5 Å². The molecular weight excluding hydrogens is 169 g/mol. The Bertz CT molecular complexity index is 20.4. The molecule has 0 unspecified atom stereocenters. The molecule has 0 aliphatic heterocycles. The molecule has 0 aromatic heterocycles. The van der Waals surface area contributed by atoms with Crippen molar-refractivity contribution >= 4 is 9.69 Å². The fraction of sp³-hybridized carbons (Fsp3) is 0.667. The molecule has 0 saturated carbocycles. The first-order valence-electron chi connectivity index (χ1n) is 1.75. The van der Waals surface area contributed by atoms with E-state index in [1.54, 1.807) is 0 Å². The quantitative estimate of drug-likeness (QED) is 0.477. The summed E-state index contributed by atoms with van der Waals surface area (Å²) in [6.07, 6.45) is 0.375. The average Bonchev–Trinajstić information content (AvgIpc) is 1.75. The second kappa shape index (κ2) is 15.8. The van der Waals surface area contributed by atoms with Gasteiger partial charge in [-0.3, -0.25) is 0 Å². The molecule has 0 bridgehead atoms. The molecule has 40 valence electrons. The number of hydrogen-bond donors (Lipinski definition) is 2. The molecule has 0 heterocycles. The van der Waals surface area contributed by atoms with Crippen molar-refractivity contribution in [3.05, 3.63) is 6.61 Å². The zero-order chi connectivity index (χ0) is 6.12. The summed E-state index contributed by atoms with van der Waals surface area (Å²) in [6.45, 7) is 0.969. The van der Waals surface area contributed by atoms with Gasteiger partial charge in [-0.05, 0) is 0 Å². The van der Waals surface area contributed by atoms with E-state index in [4.69, 9.17) is 19.9 Å². The van der Waals surface area contributed by atoms with E-state index in [-0.39, 0.29) is 6.61 Å². The Morgan fingerprint density at radius 1 is 1.57 bits per heavy atom. The summed E-state index contributed by atoms with van der Waals surface area (Å²) in [7, 11) is 4.76. The third kappa shape index (κ3) is 19.9. The molecule has 0 rings (SSSR count). The van der Waals surface area contributed by atoms with Gasteiger partial charge in [-0.2, -0.15) is 0 Å². The summed E-state index contributed by atoms with van der Waals surface area (Å²) >= 11 is 0.847. The van der Waals surface area contributed by atoms with Gasteiger partial charge in [0.05, 0.1) is 0 Å². The Labute approximate surface area is 57.2 Å². The number of aliphatic hydroxyl groups excluding tert-OH is 2. The summed E-state index contributed by atoms with van der Waals surface area (Å²) in [5.74, 6) is 0. The van der Waals surface area contributed by atoms with E-state index in [1.807, 2.05) is 0 Å². The molecule has 7 heavy (non-hydrogen) atoms. The maximum atomic E-state index is 7.88. The van der Waals surface area contributed by atoms with Crippen LogP contribution < -0.4 is 0 Å². The zero-order valence-corrected chi connectivity index (χ0v) is 7.69. The molecule has 0 fully saturated rings. The third-order valence-corrected chi connectivity index (χ3v) is 0.258. The summed E-state index contributed by atoms with van der Waals surface area (Å²) in [5.41, 5.74) is 0. The van der Waals surface area contributed by atoms with Crippen LogP contribution in [0, 0.1) is 6.61 Å². The van der Waals surface area contributed by atoms with Crippen molar-refractivity contribution in [1.29, 1.82) is 0 Å². The van der Waals surface area contributed by atoms with Crippen LogP contribution in [0.1, 0.15) is 6.42 Å². The molecule has 0 radical (unpaired) electrons. The summed E-state index contributed by atoms with van der Waals surface area (Å²) in [4.78, 5) is 0. The number of aliphatic hydroxyl groups is 2. The van der Waals surface area contributed by atoms with Crippen LogP contribution in [0.5, 0.6) is 0 Å². The Balaban J connectivity index is 0. The van der Waals surface area contributed by atoms with E-state index in [0.29, 0.717) is 6.42 Å². The van der Waals surface area contributed by atoms with Crippen molar-refractivity contribution in [2.24, 2.45) is 0 Å². The van der Waals surface area contributed by atoms with Gasteiger partial charge >= 0.3 is 27.0 Å². The van der Waals surface area contributed by atoms with Crippen LogP contribution >= 0.6 is 9.69 Å². The summed E-state index contributed by atoms with van der Waals surface area (Å²) in [5, 5.41) is 15.7. The molecule has 0 aliphatic carbocycles. The van der Waals surface area contributed by atoms with Gasteiger partial charge in [0.25, 0.3) is 0 Å². The predicted molar refractivity (Wildman–Crippen MR) is 23.8 cm³/mol. The molecule has 0 atom stereocenters. The molecule has 0 aromatic rings. The van der Waals surface area contributed by atoms with Crippen molar-refractivity contribution in [1.82, 2.24) is 0 Å². The molecule has 0 spiro atoms. The van der Waals surface area contributed by atoms with Crippen LogP contribution in [-0.2, 0) is 17.3 Å². The van der Waals surface area contributed by atoms with Gasteiger partial charge < -0.3 is 10.2 Å². The standard InChI is InChI=1S/C3H7O2.ClH.Zn/c4-2-1-3-5;;/h2,4-5H,1,3H2;1H;/q-1;;+2/p-1. The number of hydrogen-bond acceptors (Lipinski definition) is 2. The van der Waals surface area contributed by atoms with E-state index < -0.39 is 0 Å². The zero-order valence-electron chi connectivity index (χ0n) is 3.97. The van der Waals surface area contributed by atoms with Gasteiger partial charge in [0.1, 0.15) is 0 Å². The van der Waals surface area contributed by atoms with Crippen LogP contribution in [0.2, 0.25) is 0 Å². The first-order valence-corrected chi connectivity index (χ1v) is 5.65. The van der Waals surface area contributed by atoms with E-state index in [0.717, 1.165) is 23.9 Å². The number of rotatable bonds is 2. The Morgan fingerprint density at radius 2 is 2.00 bits per heavy atom. The van der Waals surface area contributed by atoms with Crippen molar-refractivity contribution in [2.75, 3.05) is 6.61 Å². The maximum absolute atomic E-state index is 7.88. The van der Waals surface area contributed by atoms with Crippen LogP contribution in [0.25, 0.3) is 0 Å². The molecule has 0 amide bonds. The summed E-state index contributed by atoms with van der Waals surface area (Å²) < 4.78 is 0. The first kappa shape index (κ1) is 10.7. The SMILES string of the molecule is O[CH-]CCO.[Cl][Zn+]. The molecule has 4 heteroatoms. The minimum atomic E-state index is 0.0382. The van der Waals surface area contributed by atoms with Crippen molar-refractivity contribution < 1.29 is 27.5 Å². The molecular formula is C3H7ClO2Zn. The number of halogens is 1. The fourth-order valence-electron chi connectivity index (χ4n) is 0.0577. The van der Waals surface area contributed by atoms with Crippen LogP contribution in [0.15, 0.2) is 0 Å². The van der Waals surface area contributed by atoms with E-state index in [9.17, 15) is 0 Å². The molecule has 0 saturated heterocycles. The van der Waals surface area contributed by atoms with Gasteiger partial charge in [0.15, 0.2) is 0 Å². The van der Waals surface area contributed by atoms with E-state index >= 15 is 0 Å². The molecule has 2 nitrogen and oxygen atoms in total. The van der Waals surface area contributed by atoms with Crippen molar-refractivity contribution in [2.45, 2.75) is 6.42 Å². The second-order valence-corrected chi connectivity index (χ2v) is 0.695. The Kier molecular flexibility index (Phi) is 24.3.